The summed E-state index contributed by atoms with van der Waals surface area (Å²) >= 11 is 0. The molecule has 0 radical (unpaired) electrons. The molecule has 0 atom stereocenters. The van der Waals surface area contributed by atoms with Crippen LogP contribution < -0.4 is 4.74 Å². The molecule has 0 fully saturated rings. The maximum Gasteiger partial charge on any atom is 0.303 e. The molecule has 0 saturated carbocycles. The lowest BCUT2D eigenvalue weighted by Crippen LogP contribution is -2.06. The van der Waals surface area contributed by atoms with Crippen LogP contribution in [0.15, 0.2) is 30.5 Å². The number of fused-ring (bicyclic) bond motifs is 1. The Bertz CT molecular complexity index is 608. The molecule has 0 aliphatic carbocycles. The normalized spacial score (nSPS) is 10.9. The molecule has 106 valence electrons. The molecule has 1 heterocycles. The largest absolute Gasteiger partial charge is 0.489 e. The average Bonchev–Trinajstić information content (AvgIpc) is 2.40. The van der Waals surface area contributed by atoms with E-state index in [4.69, 9.17) is 9.84 Å². The lowest BCUT2D eigenvalue weighted by Gasteiger charge is -2.13. The molecule has 0 aliphatic heterocycles. The van der Waals surface area contributed by atoms with Gasteiger partial charge in [-0.15, -0.1) is 0 Å². The monoisotopic (exact) mass is 273 g/mol. The molecule has 0 spiro atoms. The van der Waals surface area contributed by atoms with Gasteiger partial charge in [-0.1, -0.05) is 12.1 Å². The molecule has 1 aromatic heterocycles. The first kappa shape index (κ1) is 14.3. The highest BCUT2D eigenvalue weighted by molar-refractivity contribution is 5.87. The van der Waals surface area contributed by atoms with Crippen LogP contribution in [0.2, 0.25) is 0 Å². The predicted octanol–water partition coefficient (Wildman–Crippen LogP) is 3.43. The van der Waals surface area contributed by atoms with Crippen LogP contribution in [0.5, 0.6) is 5.75 Å². The van der Waals surface area contributed by atoms with Gasteiger partial charge in [-0.25, -0.2) is 0 Å². The summed E-state index contributed by atoms with van der Waals surface area (Å²) < 4.78 is 5.77. The molecule has 2 rings (SSSR count). The van der Waals surface area contributed by atoms with Gasteiger partial charge in [0.1, 0.15) is 11.3 Å². The van der Waals surface area contributed by atoms with Gasteiger partial charge >= 0.3 is 5.97 Å². The Labute approximate surface area is 118 Å². The summed E-state index contributed by atoms with van der Waals surface area (Å²) in [5.74, 6) is 0.0183. The molecule has 0 amide bonds. The van der Waals surface area contributed by atoms with E-state index in [9.17, 15) is 4.79 Å². The number of aryl methyl sites for hydroxylation is 1. The van der Waals surface area contributed by atoms with Gasteiger partial charge in [0, 0.05) is 18.0 Å². The number of aromatic nitrogens is 1. The summed E-state index contributed by atoms with van der Waals surface area (Å²) in [6.07, 6.45) is 3.39. The van der Waals surface area contributed by atoms with Gasteiger partial charge in [0.15, 0.2) is 0 Å². The number of ether oxygens (including phenoxy) is 1. The van der Waals surface area contributed by atoms with Crippen molar-refractivity contribution in [2.75, 3.05) is 0 Å². The number of hydrogen-bond acceptors (Lipinski definition) is 3. The fourth-order valence-electron chi connectivity index (χ4n) is 2.20. The van der Waals surface area contributed by atoms with Gasteiger partial charge in [0.05, 0.1) is 6.10 Å². The van der Waals surface area contributed by atoms with E-state index in [2.05, 4.69) is 4.98 Å². The van der Waals surface area contributed by atoms with Crippen LogP contribution in [0.3, 0.4) is 0 Å². The first-order valence-corrected chi connectivity index (χ1v) is 6.83. The van der Waals surface area contributed by atoms with Crippen LogP contribution in [-0.2, 0) is 11.2 Å². The Morgan fingerprint density at radius 2 is 2.15 bits per heavy atom. The number of rotatable bonds is 6. The van der Waals surface area contributed by atoms with Gasteiger partial charge in [-0.3, -0.25) is 9.78 Å². The number of benzene rings is 1. The van der Waals surface area contributed by atoms with Crippen LogP contribution in [-0.4, -0.2) is 22.2 Å². The van der Waals surface area contributed by atoms with Crippen molar-refractivity contribution >= 4 is 16.9 Å². The summed E-state index contributed by atoms with van der Waals surface area (Å²) in [4.78, 5) is 15.0. The molecular formula is C16H19NO3. The number of aliphatic carboxylic acids is 1. The van der Waals surface area contributed by atoms with Crippen molar-refractivity contribution in [2.24, 2.45) is 0 Å². The highest BCUT2D eigenvalue weighted by atomic mass is 16.5. The molecule has 1 N–H and O–H groups in total. The van der Waals surface area contributed by atoms with Crippen molar-refractivity contribution < 1.29 is 14.6 Å². The number of nitrogens with zero attached hydrogens (tertiary/aromatic N) is 1. The Morgan fingerprint density at radius 3 is 2.85 bits per heavy atom. The molecular weight excluding hydrogens is 254 g/mol. The van der Waals surface area contributed by atoms with E-state index in [0.29, 0.717) is 6.42 Å². The van der Waals surface area contributed by atoms with E-state index < -0.39 is 5.97 Å². The minimum Gasteiger partial charge on any atom is -0.489 e. The van der Waals surface area contributed by atoms with Crippen molar-refractivity contribution in [3.63, 3.8) is 0 Å². The third-order valence-electron chi connectivity index (χ3n) is 3.02. The fraction of sp³-hybridized carbons (Fsp3) is 0.375. The zero-order valence-electron chi connectivity index (χ0n) is 11.8. The third-order valence-corrected chi connectivity index (χ3v) is 3.02. The van der Waals surface area contributed by atoms with Gasteiger partial charge in [-0.2, -0.15) is 0 Å². The van der Waals surface area contributed by atoms with E-state index in [0.717, 1.165) is 28.6 Å². The van der Waals surface area contributed by atoms with Crippen LogP contribution in [0, 0.1) is 0 Å². The van der Waals surface area contributed by atoms with Crippen molar-refractivity contribution in [1.29, 1.82) is 0 Å². The van der Waals surface area contributed by atoms with Gasteiger partial charge in [0.2, 0.25) is 0 Å². The number of carbonyl (C=O) groups is 1. The molecule has 2 aromatic rings. The molecule has 20 heavy (non-hydrogen) atoms. The van der Waals surface area contributed by atoms with Crippen LogP contribution in [0.4, 0.5) is 0 Å². The number of carboxylic acids is 1. The lowest BCUT2D eigenvalue weighted by molar-refractivity contribution is -0.137. The maximum atomic E-state index is 10.6. The number of hydrogen-bond donors (Lipinski definition) is 1. The number of carboxylic acid groups (broad SMARTS) is 1. The highest BCUT2D eigenvalue weighted by Gasteiger charge is 2.09. The molecule has 0 bridgehead atoms. The Balaban J connectivity index is 2.30. The van der Waals surface area contributed by atoms with Gasteiger partial charge in [0.25, 0.3) is 0 Å². The summed E-state index contributed by atoms with van der Waals surface area (Å²) in [5.41, 5.74) is 1.96. The fourth-order valence-corrected chi connectivity index (χ4v) is 2.20. The van der Waals surface area contributed by atoms with E-state index in [-0.39, 0.29) is 12.5 Å². The van der Waals surface area contributed by atoms with E-state index in [1.54, 1.807) is 6.20 Å². The molecule has 4 nitrogen and oxygen atoms in total. The molecule has 4 heteroatoms. The minimum absolute atomic E-state index is 0.0954. The summed E-state index contributed by atoms with van der Waals surface area (Å²) in [7, 11) is 0. The zero-order chi connectivity index (χ0) is 14.5. The van der Waals surface area contributed by atoms with Crippen molar-refractivity contribution in [3.8, 4) is 5.75 Å². The smallest absolute Gasteiger partial charge is 0.303 e. The van der Waals surface area contributed by atoms with Crippen molar-refractivity contribution in [3.05, 3.63) is 36.0 Å². The van der Waals surface area contributed by atoms with Crippen molar-refractivity contribution in [2.45, 2.75) is 39.2 Å². The van der Waals surface area contributed by atoms with Gasteiger partial charge < -0.3 is 9.84 Å². The standard InChI is InChI=1S/C16H19NO3/c1-11(2)20-14-9-8-12(5-3-7-15(18)19)13-6-4-10-17-16(13)14/h4,6,8-11H,3,5,7H2,1-2H3,(H,18,19). The Kier molecular flexibility index (Phi) is 4.56. The minimum atomic E-state index is -0.757. The third kappa shape index (κ3) is 3.47. The summed E-state index contributed by atoms with van der Waals surface area (Å²) in [6.45, 7) is 3.96. The van der Waals surface area contributed by atoms with Crippen molar-refractivity contribution in [1.82, 2.24) is 4.98 Å². The summed E-state index contributed by atoms with van der Waals surface area (Å²) in [5, 5.41) is 9.75. The first-order chi connectivity index (χ1) is 9.58. The Morgan fingerprint density at radius 1 is 1.35 bits per heavy atom. The summed E-state index contributed by atoms with van der Waals surface area (Å²) in [6, 6.07) is 7.82. The Hall–Kier alpha value is -2.10. The van der Waals surface area contributed by atoms with Crippen LogP contribution in [0.1, 0.15) is 32.3 Å². The lowest BCUT2D eigenvalue weighted by atomic mass is 10.0. The first-order valence-electron chi connectivity index (χ1n) is 6.83. The molecule has 0 aliphatic rings. The topological polar surface area (TPSA) is 59.4 Å². The second kappa shape index (κ2) is 6.37. The van der Waals surface area contributed by atoms with E-state index in [1.807, 2.05) is 38.1 Å². The quantitative estimate of drug-likeness (QED) is 0.876. The highest BCUT2D eigenvalue weighted by Crippen LogP contribution is 2.28. The number of pyridine rings is 1. The van der Waals surface area contributed by atoms with E-state index in [1.165, 1.54) is 0 Å². The second-order valence-electron chi connectivity index (χ2n) is 5.04. The SMILES string of the molecule is CC(C)Oc1ccc(CCCC(=O)O)c2cccnc12. The van der Waals surface area contributed by atoms with Gasteiger partial charge in [-0.05, 0) is 44.4 Å². The predicted molar refractivity (Wildman–Crippen MR) is 78.1 cm³/mol. The molecule has 0 saturated heterocycles. The van der Waals surface area contributed by atoms with Crippen LogP contribution >= 0.6 is 0 Å². The zero-order valence-corrected chi connectivity index (χ0v) is 11.8. The maximum absolute atomic E-state index is 10.6. The second-order valence-corrected chi connectivity index (χ2v) is 5.04. The van der Waals surface area contributed by atoms with E-state index >= 15 is 0 Å². The molecule has 0 unspecified atom stereocenters. The average molecular weight is 273 g/mol. The van der Waals surface area contributed by atoms with Crippen LogP contribution in [0.25, 0.3) is 10.9 Å². The molecule has 1 aromatic carbocycles.